The number of thiol groups is 1. The van der Waals surface area contributed by atoms with Crippen molar-refractivity contribution in [3.63, 3.8) is 0 Å². The highest BCUT2D eigenvalue weighted by Crippen LogP contribution is 2.19. The van der Waals surface area contributed by atoms with E-state index in [9.17, 15) is 14.4 Å². The Balaban J connectivity index is 0.00000312. The van der Waals surface area contributed by atoms with E-state index in [1.54, 1.807) is 18.2 Å². The highest BCUT2D eigenvalue weighted by molar-refractivity contribution is 9.10. The number of primary amides is 1. The summed E-state index contributed by atoms with van der Waals surface area (Å²) in [4.78, 5) is 35.3. The van der Waals surface area contributed by atoms with Crippen LogP contribution in [0.4, 0.5) is 10.5 Å². The SMILES string of the molecule is Cc1ccc(C(=O)NC(=O)N(S)c2ccc(C(N)=O)cc2)cc1Br.Cl. The van der Waals surface area contributed by atoms with Gasteiger partial charge in [-0.05, 0) is 48.9 Å². The van der Waals surface area contributed by atoms with Crippen LogP contribution in [0.15, 0.2) is 46.9 Å². The maximum Gasteiger partial charge on any atom is 0.338 e. The van der Waals surface area contributed by atoms with Crippen LogP contribution in [0.1, 0.15) is 26.3 Å². The highest BCUT2D eigenvalue weighted by atomic mass is 79.9. The van der Waals surface area contributed by atoms with E-state index in [0.29, 0.717) is 16.8 Å². The van der Waals surface area contributed by atoms with Crippen LogP contribution < -0.4 is 15.4 Å². The van der Waals surface area contributed by atoms with Crippen LogP contribution in [0, 0.1) is 6.92 Å². The summed E-state index contributed by atoms with van der Waals surface area (Å²) in [7, 11) is 0. The van der Waals surface area contributed by atoms with Crippen LogP contribution in [0.5, 0.6) is 0 Å². The maximum absolute atomic E-state index is 12.1. The third-order valence-corrected chi connectivity index (χ3v) is 4.51. The van der Waals surface area contributed by atoms with Crippen molar-refractivity contribution in [2.75, 3.05) is 4.31 Å². The molecule has 0 unspecified atom stereocenters. The fraction of sp³-hybridized carbons (Fsp3) is 0.0625. The number of amides is 4. The van der Waals surface area contributed by atoms with E-state index in [0.717, 1.165) is 14.3 Å². The number of imide groups is 1. The van der Waals surface area contributed by atoms with Gasteiger partial charge in [-0.15, -0.1) is 12.4 Å². The number of carbonyl (C=O) groups excluding carboxylic acids is 3. The molecular weight excluding hydrogens is 430 g/mol. The monoisotopic (exact) mass is 443 g/mol. The number of benzene rings is 2. The van der Waals surface area contributed by atoms with E-state index in [2.05, 4.69) is 34.1 Å². The Morgan fingerprint density at radius 2 is 1.64 bits per heavy atom. The third kappa shape index (κ3) is 5.22. The number of rotatable bonds is 3. The molecule has 6 nitrogen and oxygen atoms in total. The van der Waals surface area contributed by atoms with Gasteiger partial charge in [-0.25, -0.2) is 9.10 Å². The van der Waals surface area contributed by atoms with E-state index in [4.69, 9.17) is 5.73 Å². The second-order valence-electron chi connectivity index (χ2n) is 4.95. The van der Waals surface area contributed by atoms with Crippen molar-refractivity contribution >= 4 is 64.7 Å². The fourth-order valence-corrected chi connectivity index (χ4v) is 2.40. The van der Waals surface area contributed by atoms with E-state index in [-0.39, 0.29) is 12.4 Å². The lowest BCUT2D eigenvalue weighted by atomic mass is 10.1. The molecule has 0 aromatic heterocycles. The van der Waals surface area contributed by atoms with Gasteiger partial charge in [-0.2, -0.15) is 0 Å². The van der Waals surface area contributed by atoms with Gasteiger partial charge in [0.1, 0.15) is 0 Å². The quantitative estimate of drug-likeness (QED) is 0.633. The second kappa shape index (κ2) is 8.89. The van der Waals surface area contributed by atoms with E-state index >= 15 is 0 Å². The highest BCUT2D eigenvalue weighted by Gasteiger charge is 2.17. The molecule has 132 valence electrons. The number of hydrogen-bond acceptors (Lipinski definition) is 4. The second-order valence-corrected chi connectivity index (χ2v) is 6.20. The molecule has 0 radical (unpaired) electrons. The van der Waals surface area contributed by atoms with Crippen LogP contribution in [0.25, 0.3) is 0 Å². The number of nitrogens with one attached hydrogen (secondary N) is 1. The van der Waals surface area contributed by atoms with Crippen molar-refractivity contribution in [3.05, 3.63) is 63.6 Å². The predicted molar refractivity (Wildman–Crippen MR) is 105 cm³/mol. The first-order valence-corrected chi connectivity index (χ1v) is 7.99. The van der Waals surface area contributed by atoms with Crippen molar-refractivity contribution in [1.82, 2.24) is 5.32 Å². The topological polar surface area (TPSA) is 92.5 Å². The summed E-state index contributed by atoms with van der Waals surface area (Å²) < 4.78 is 1.73. The molecule has 0 aliphatic carbocycles. The lowest BCUT2D eigenvalue weighted by Crippen LogP contribution is -2.38. The summed E-state index contributed by atoms with van der Waals surface area (Å²) in [5, 5.41) is 2.24. The average molecular weight is 445 g/mol. The number of aryl methyl sites for hydroxylation is 1. The van der Waals surface area contributed by atoms with Gasteiger partial charge in [0.05, 0.1) is 5.69 Å². The Labute approximate surface area is 164 Å². The molecule has 0 saturated heterocycles. The van der Waals surface area contributed by atoms with Gasteiger partial charge < -0.3 is 5.73 Å². The minimum atomic E-state index is -0.716. The molecule has 0 atom stereocenters. The van der Waals surface area contributed by atoms with Gasteiger partial charge in [0, 0.05) is 15.6 Å². The first-order chi connectivity index (χ1) is 11.3. The van der Waals surface area contributed by atoms with Gasteiger partial charge in [0.25, 0.3) is 5.91 Å². The summed E-state index contributed by atoms with van der Waals surface area (Å²) in [6.45, 7) is 1.89. The van der Waals surface area contributed by atoms with Gasteiger partial charge in [-0.1, -0.05) is 34.8 Å². The van der Waals surface area contributed by atoms with E-state index < -0.39 is 17.8 Å². The number of nitrogens with two attached hydrogens (primary N) is 1. The Morgan fingerprint density at radius 1 is 1.08 bits per heavy atom. The Kier molecular flexibility index (Phi) is 7.47. The number of hydrogen-bond donors (Lipinski definition) is 3. The summed E-state index contributed by atoms with van der Waals surface area (Å²) in [5.41, 5.74) is 7.16. The fourth-order valence-electron chi connectivity index (χ4n) is 1.84. The van der Waals surface area contributed by atoms with Crippen molar-refractivity contribution in [1.29, 1.82) is 0 Å². The molecule has 0 bridgehead atoms. The molecule has 25 heavy (non-hydrogen) atoms. The van der Waals surface area contributed by atoms with E-state index in [1.165, 1.54) is 24.3 Å². The summed E-state index contributed by atoms with van der Waals surface area (Å²) in [5.74, 6) is -1.12. The van der Waals surface area contributed by atoms with Gasteiger partial charge in [-0.3, -0.25) is 14.9 Å². The van der Waals surface area contributed by atoms with Crippen molar-refractivity contribution < 1.29 is 14.4 Å². The lowest BCUT2D eigenvalue weighted by molar-refractivity contribution is 0.0964. The molecule has 0 heterocycles. The van der Waals surface area contributed by atoms with E-state index in [1.807, 2.05) is 6.92 Å². The Bertz CT molecular complexity index is 815. The average Bonchev–Trinajstić information content (AvgIpc) is 2.56. The first kappa shape index (κ1) is 21.0. The Hall–Kier alpha value is -2.03. The molecule has 4 amide bonds. The lowest BCUT2D eigenvalue weighted by Gasteiger charge is -2.16. The molecular formula is C16H15BrClN3O3S. The maximum atomic E-state index is 12.1. The molecule has 2 aromatic rings. The largest absolute Gasteiger partial charge is 0.366 e. The number of halogens is 2. The van der Waals surface area contributed by atoms with Crippen molar-refractivity contribution in [2.45, 2.75) is 6.92 Å². The minimum Gasteiger partial charge on any atom is -0.366 e. The van der Waals surface area contributed by atoms with Crippen molar-refractivity contribution in [2.24, 2.45) is 5.73 Å². The molecule has 0 spiro atoms. The van der Waals surface area contributed by atoms with Crippen LogP contribution >= 0.6 is 41.2 Å². The molecule has 2 rings (SSSR count). The predicted octanol–water partition coefficient (Wildman–Crippen LogP) is 3.48. The zero-order valence-corrected chi connectivity index (χ0v) is 16.3. The molecule has 9 heteroatoms. The van der Waals surface area contributed by atoms with Gasteiger partial charge in [0.2, 0.25) is 5.91 Å². The molecule has 0 aliphatic heterocycles. The van der Waals surface area contributed by atoms with Crippen LogP contribution in [-0.4, -0.2) is 17.8 Å². The number of carbonyl (C=O) groups is 3. The zero-order valence-electron chi connectivity index (χ0n) is 13.0. The standard InChI is InChI=1S/C16H14BrN3O3S.ClH/c1-9-2-3-11(8-13(9)17)15(22)19-16(23)20(24)12-6-4-10(5-7-12)14(18)21;/h2-8,24H,1H3,(H2,18,21)(H,19,22,23);1H. The van der Waals surface area contributed by atoms with Gasteiger partial charge >= 0.3 is 6.03 Å². The molecule has 3 N–H and O–H groups in total. The van der Waals surface area contributed by atoms with Crippen LogP contribution in [-0.2, 0) is 0 Å². The molecule has 0 fully saturated rings. The molecule has 0 aliphatic rings. The normalized spacial score (nSPS) is 9.72. The molecule has 0 saturated carbocycles. The van der Waals surface area contributed by atoms with Crippen molar-refractivity contribution in [3.8, 4) is 0 Å². The number of nitrogens with zero attached hydrogens (tertiary/aromatic N) is 1. The Morgan fingerprint density at radius 3 is 2.16 bits per heavy atom. The molecule has 2 aromatic carbocycles. The minimum absolute atomic E-state index is 0. The van der Waals surface area contributed by atoms with Crippen LogP contribution in [0.2, 0.25) is 0 Å². The zero-order chi connectivity index (χ0) is 17.9. The van der Waals surface area contributed by atoms with Gasteiger partial charge in [0.15, 0.2) is 0 Å². The smallest absolute Gasteiger partial charge is 0.338 e. The first-order valence-electron chi connectivity index (χ1n) is 6.80. The third-order valence-electron chi connectivity index (χ3n) is 3.24. The number of anilines is 1. The summed E-state index contributed by atoms with van der Waals surface area (Å²) >= 11 is 7.40. The number of urea groups is 1. The summed E-state index contributed by atoms with van der Waals surface area (Å²) in [6, 6.07) is 10.2. The summed E-state index contributed by atoms with van der Waals surface area (Å²) in [6.07, 6.45) is 0. The van der Waals surface area contributed by atoms with Crippen LogP contribution in [0.3, 0.4) is 0 Å².